The van der Waals surface area contributed by atoms with E-state index in [1.165, 1.54) is 11.1 Å². The Hall–Kier alpha value is -1.88. The van der Waals surface area contributed by atoms with Gasteiger partial charge in [0.2, 0.25) is 0 Å². The summed E-state index contributed by atoms with van der Waals surface area (Å²) >= 11 is 0. The monoisotopic (exact) mass is 343 g/mol. The highest BCUT2D eigenvalue weighted by atomic mass is 16.5. The SMILES string of the molecule is COc1cc2c3c(c1OC)C1(CCC(=O)CC1=O)CCC3N(C)CC2. The van der Waals surface area contributed by atoms with E-state index in [9.17, 15) is 9.59 Å². The molecule has 2 atom stereocenters. The van der Waals surface area contributed by atoms with Crippen molar-refractivity contribution in [1.82, 2.24) is 4.90 Å². The predicted octanol–water partition coefficient (Wildman–Crippen LogP) is 2.59. The minimum Gasteiger partial charge on any atom is -0.493 e. The van der Waals surface area contributed by atoms with Crippen LogP contribution >= 0.6 is 0 Å². The lowest BCUT2D eigenvalue weighted by Crippen LogP contribution is -2.48. The van der Waals surface area contributed by atoms with Crippen LogP contribution in [0.4, 0.5) is 0 Å². The molecule has 1 aliphatic heterocycles. The van der Waals surface area contributed by atoms with Crippen molar-refractivity contribution in [1.29, 1.82) is 0 Å². The third-order valence-electron chi connectivity index (χ3n) is 6.44. The first kappa shape index (κ1) is 16.6. The Morgan fingerprint density at radius 1 is 1.16 bits per heavy atom. The predicted molar refractivity (Wildman–Crippen MR) is 93.4 cm³/mol. The van der Waals surface area contributed by atoms with E-state index in [-0.39, 0.29) is 18.0 Å². The third-order valence-corrected chi connectivity index (χ3v) is 6.44. The molecule has 1 saturated carbocycles. The molecule has 0 N–H and O–H groups in total. The Morgan fingerprint density at radius 3 is 2.64 bits per heavy atom. The maximum absolute atomic E-state index is 13.1. The fraction of sp³-hybridized carbons (Fsp3) is 0.600. The molecule has 0 aromatic heterocycles. The van der Waals surface area contributed by atoms with Crippen molar-refractivity contribution in [2.75, 3.05) is 27.8 Å². The zero-order valence-corrected chi connectivity index (χ0v) is 15.2. The molecular weight excluding hydrogens is 318 g/mol. The van der Waals surface area contributed by atoms with Crippen molar-refractivity contribution in [3.05, 3.63) is 22.8 Å². The molecule has 0 amide bonds. The Labute approximate surface area is 148 Å². The zero-order chi connectivity index (χ0) is 17.8. The zero-order valence-electron chi connectivity index (χ0n) is 15.2. The average molecular weight is 343 g/mol. The number of methoxy groups -OCH3 is 2. The highest BCUT2D eigenvalue weighted by molar-refractivity contribution is 6.07. The number of ketones is 2. The van der Waals surface area contributed by atoms with Crippen LogP contribution in [0.2, 0.25) is 0 Å². The molecule has 1 fully saturated rings. The minimum absolute atomic E-state index is 0.0512. The van der Waals surface area contributed by atoms with Gasteiger partial charge in [0.15, 0.2) is 17.3 Å². The first-order chi connectivity index (χ1) is 12.0. The van der Waals surface area contributed by atoms with Crippen LogP contribution in [0, 0.1) is 0 Å². The second-order valence-electron chi connectivity index (χ2n) is 7.57. The smallest absolute Gasteiger partial charge is 0.165 e. The number of carbonyl (C=O) groups excluding carboxylic acids is 2. The number of rotatable bonds is 2. The topological polar surface area (TPSA) is 55.8 Å². The maximum atomic E-state index is 13.1. The van der Waals surface area contributed by atoms with Gasteiger partial charge in [0.1, 0.15) is 5.78 Å². The molecule has 4 rings (SSSR count). The van der Waals surface area contributed by atoms with Gasteiger partial charge in [-0.15, -0.1) is 0 Å². The number of fused-ring (bicyclic) bond motifs is 1. The van der Waals surface area contributed by atoms with Crippen LogP contribution in [-0.4, -0.2) is 44.3 Å². The highest BCUT2D eigenvalue weighted by Gasteiger charge is 2.52. The van der Waals surface area contributed by atoms with Crippen molar-refractivity contribution in [2.45, 2.75) is 50.0 Å². The van der Waals surface area contributed by atoms with Gasteiger partial charge in [-0.2, -0.15) is 0 Å². The summed E-state index contributed by atoms with van der Waals surface area (Å²) in [5.74, 6) is 1.50. The summed E-state index contributed by atoms with van der Waals surface area (Å²) in [5, 5.41) is 0. The van der Waals surface area contributed by atoms with E-state index < -0.39 is 5.41 Å². The molecule has 1 aromatic carbocycles. The van der Waals surface area contributed by atoms with Crippen LogP contribution in [0.3, 0.4) is 0 Å². The van der Waals surface area contributed by atoms with Crippen LogP contribution in [0.5, 0.6) is 11.5 Å². The van der Waals surface area contributed by atoms with Gasteiger partial charge in [0.25, 0.3) is 0 Å². The fourth-order valence-electron chi connectivity index (χ4n) is 5.13. The lowest BCUT2D eigenvalue weighted by atomic mass is 9.59. The average Bonchev–Trinajstić information content (AvgIpc) is 2.61. The highest BCUT2D eigenvalue weighted by Crippen LogP contribution is 2.56. The van der Waals surface area contributed by atoms with Gasteiger partial charge in [0.05, 0.1) is 26.1 Å². The number of Topliss-reactive ketones (excluding diaryl/α,β-unsaturated/α-hetero) is 2. The molecule has 1 aromatic rings. The molecule has 5 nitrogen and oxygen atoms in total. The number of likely N-dealkylation sites (N-methyl/N-ethyl adjacent to an activating group) is 1. The van der Waals surface area contributed by atoms with E-state index in [0.717, 1.165) is 31.4 Å². The molecule has 3 aliphatic rings. The third kappa shape index (κ3) is 2.25. The van der Waals surface area contributed by atoms with Crippen molar-refractivity contribution in [3.8, 4) is 11.5 Å². The Morgan fingerprint density at radius 2 is 1.96 bits per heavy atom. The molecule has 1 heterocycles. The largest absolute Gasteiger partial charge is 0.493 e. The van der Waals surface area contributed by atoms with Crippen LogP contribution in [-0.2, 0) is 21.4 Å². The second kappa shape index (κ2) is 5.84. The van der Waals surface area contributed by atoms with Gasteiger partial charge >= 0.3 is 0 Å². The van der Waals surface area contributed by atoms with E-state index in [0.29, 0.717) is 30.4 Å². The summed E-state index contributed by atoms with van der Waals surface area (Å²) in [6, 6.07) is 2.39. The van der Waals surface area contributed by atoms with Crippen molar-refractivity contribution >= 4 is 11.6 Å². The van der Waals surface area contributed by atoms with Gasteiger partial charge in [-0.25, -0.2) is 0 Å². The van der Waals surface area contributed by atoms with Gasteiger partial charge in [-0.3, -0.25) is 14.5 Å². The van der Waals surface area contributed by atoms with Crippen LogP contribution in [0.15, 0.2) is 6.07 Å². The molecule has 0 bridgehead atoms. The number of hydrogen-bond donors (Lipinski definition) is 0. The second-order valence-corrected chi connectivity index (χ2v) is 7.57. The molecule has 2 aliphatic carbocycles. The van der Waals surface area contributed by atoms with E-state index >= 15 is 0 Å². The molecular formula is C20H25NO4. The summed E-state index contributed by atoms with van der Waals surface area (Å²) in [5.41, 5.74) is 2.93. The summed E-state index contributed by atoms with van der Waals surface area (Å²) < 4.78 is 11.4. The first-order valence-corrected chi connectivity index (χ1v) is 9.05. The molecule has 134 valence electrons. The first-order valence-electron chi connectivity index (χ1n) is 9.05. The van der Waals surface area contributed by atoms with Crippen molar-refractivity contribution in [2.24, 2.45) is 0 Å². The number of carbonyl (C=O) groups is 2. The Kier molecular flexibility index (Phi) is 3.87. The van der Waals surface area contributed by atoms with Gasteiger partial charge in [0, 0.05) is 24.6 Å². The van der Waals surface area contributed by atoms with E-state index in [4.69, 9.17) is 9.47 Å². The van der Waals surface area contributed by atoms with Crippen LogP contribution in [0.25, 0.3) is 0 Å². The lowest BCUT2D eigenvalue weighted by Gasteiger charge is -2.48. The van der Waals surface area contributed by atoms with Crippen molar-refractivity contribution < 1.29 is 19.1 Å². The molecule has 0 radical (unpaired) electrons. The quantitative estimate of drug-likeness (QED) is 0.773. The summed E-state index contributed by atoms with van der Waals surface area (Å²) in [7, 11) is 5.44. The number of benzene rings is 1. The Bertz CT molecular complexity index is 757. The fourth-order valence-corrected chi connectivity index (χ4v) is 5.13. The molecule has 5 heteroatoms. The van der Waals surface area contributed by atoms with E-state index in [1.807, 2.05) is 0 Å². The molecule has 25 heavy (non-hydrogen) atoms. The molecule has 0 saturated heterocycles. The number of hydrogen-bond acceptors (Lipinski definition) is 5. The Balaban J connectivity index is 2.01. The van der Waals surface area contributed by atoms with Gasteiger partial charge in [-0.1, -0.05) is 0 Å². The number of ether oxygens (including phenoxy) is 2. The van der Waals surface area contributed by atoms with E-state index in [1.54, 1.807) is 14.2 Å². The summed E-state index contributed by atoms with van der Waals surface area (Å²) in [4.78, 5) is 27.3. The van der Waals surface area contributed by atoms with Crippen molar-refractivity contribution in [3.63, 3.8) is 0 Å². The minimum atomic E-state index is -0.591. The van der Waals surface area contributed by atoms with E-state index in [2.05, 4.69) is 18.0 Å². The standard InChI is InChI=1S/C20H25NO4/c1-21-9-6-12-10-15(24-2)19(25-3)18-17(12)14(21)5-8-20(18)7-4-13(22)11-16(20)23/h10,14H,4-9,11H2,1-3H3. The summed E-state index contributed by atoms with van der Waals surface area (Å²) in [6.07, 6.45) is 3.79. The molecule has 1 spiro atoms. The van der Waals surface area contributed by atoms with Gasteiger partial charge in [-0.05, 0) is 49.9 Å². The van der Waals surface area contributed by atoms with Gasteiger partial charge < -0.3 is 9.47 Å². The maximum Gasteiger partial charge on any atom is 0.165 e. The van der Waals surface area contributed by atoms with Crippen LogP contribution in [0.1, 0.15) is 54.8 Å². The van der Waals surface area contributed by atoms with Crippen LogP contribution < -0.4 is 9.47 Å². The normalized spacial score (nSPS) is 28.8. The molecule has 2 unspecified atom stereocenters. The number of nitrogens with zero attached hydrogens (tertiary/aromatic N) is 1. The lowest BCUT2D eigenvalue weighted by molar-refractivity contribution is -0.135. The summed E-state index contributed by atoms with van der Waals surface area (Å²) in [6.45, 7) is 1.01.